The number of ether oxygens (including phenoxy) is 1. The number of hydrogen-bond acceptors (Lipinski definition) is 5. The number of carbonyl (C=O) groups excluding carboxylic acids is 1. The summed E-state index contributed by atoms with van der Waals surface area (Å²) in [6, 6.07) is 0.203. The third-order valence-electron chi connectivity index (χ3n) is 3.28. The van der Waals surface area contributed by atoms with Gasteiger partial charge >= 0.3 is 0 Å². The molecule has 1 aromatic rings. The van der Waals surface area contributed by atoms with E-state index in [1.165, 1.54) is 0 Å². The van der Waals surface area contributed by atoms with Crippen molar-refractivity contribution in [3.05, 3.63) is 16.5 Å². The molecule has 0 bridgehead atoms. The van der Waals surface area contributed by atoms with Crippen LogP contribution in [-0.2, 0) is 4.74 Å². The van der Waals surface area contributed by atoms with E-state index < -0.39 is 0 Å². The van der Waals surface area contributed by atoms with Crippen LogP contribution < -0.4 is 4.90 Å². The second kappa shape index (κ2) is 5.20. The molecule has 0 spiro atoms. The molecule has 2 unspecified atom stereocenters. The van der Waals surface area contributed by atoms with E-state index in [0.29, 0.717) is 23.5 Å². The zero-order valence-electron chi connectivity index (χ0n) is 10.7. The topological polar surface area (TPSA) is 55.3 Å². The second-order valence-electron chi connectivity index (χ2n) is 4.46. The van der Waals surface area contributed by atoms with Crippen LogP contribution in [0.3, 0.4) is 0 Å². The number of nitrogens with zero attached hydrogens (tertiary/aromatic N) is 3. The van der Waals surface area contributed by atoms with E-state index in [1.54, 1.807) is 6.92 Å². The molecule has 1 saturated heterocycles. The number of rotatable bonds is 3. The van der Waals surface area contributed by atoms with Crippen molar-refractivity contribution >= 4 is 23.7 Å². The van der Waals surface area contributed by atoms with Gasteiger partial charge in [-0.05, 0) is 20.3 Å². The second-order valence-corrected chi connectivity index (χ2v) is 4.82. The maximum Gasteiger partial charge on any atom is 0.156 e. The van der Waals surface area contributed by atoms with Gasteiger partial charge in [0.2, 0.25) is 0 Å². The Labute approximate surface area is 111 Å². The largest absolute Gasteiger partial charge is 0.376 e. The molecule has 0 N–H and O–H groups in total. The molecule has 0 aromatic carbocycles. The monoisotopic (exact) mass is 269 g/mol. The highest BCUT2D eigenvalue weighted by atomic mass is 35.5. The summed E-state index contributed by atoms with van der Waals surface area (Å²) in [7, 11) is 1.90. The van der Waals surface area contributed by atoms with Crippen LogP contribution in [0.2, 0.25) is 5.15 Å². The summed E-state index contributed by atoms with van der Waals surface area (Å²) < 4.78 is 5.54. The van der Waals surface area contributed by atoms with Crippen molar-refractivity contribution in [2.45, 2.75) is 32.4 Å². The van der Waals surface area contributed by atoms with Crippen LogP contribution in [0.25, 0.3) is 0 Å². The molecular formula is C12H16ClN3O2. The average Bonchev–Trinajstić information content (AvgIpc) is 2.73. The molecular weight excluding hydrogens is 254 g/mol. The highest BCUT2D eigenvalue weighted by Crippen LogP contribution is 2.27. The Morgan fingerprint density at radius 3 is 2.78 bits per heavy atom. The highest BCUT2D eigenvalue weighted by Gasteiger charge is 2.30. The SMILES string of the molecule is Cc1nc(Cl)c(C=O)c(N(C)C2CCOC2C)n1. The maximum absolute atomic E-state index is 11.1. The molecule has 2 rings (SSSR count). The number of hydrogen-bond donors (Lipinski definition) is 0. The molecule has 6 heteroatoms. The van der Waals surface area contributed by atoms with Crippen molar-refractivity contribution in [2.24, 2.45) is 0 Å². The average molecular weight is 270 g/mol. The first-order valence-corrected chi connectivity index (χ1v) is 6.26. The fraction of sp³-hybridized carbons (Fsp3) is 0.583. The van der Waals surface area contributed by atoms with Gasteiger partial charge < -0.3 is 9.64 Å². The Hall–Kier alpha value is -1.20. The molecule has 1 aliphatic heterocycles. The van der Waals surface area contributed by atoms with Gasteiger partial charge in [-0.15, -0.1) is 0 Å². The van der Waals surface area contributed by atoms with Crippen molar-refractivity contribution < 1.29 is 9.53 Å². The van der Waals surface area contributed by atoms with Gasteiger partial charge in [-0.1, -0.05) is 11.6 Å². The maximum atomic E-state index is 11.1. The van der Waals surface area contributed by atoms with Gasteiger partial charge in [0.1, 0.15) is 16.8 Å². The lowest BCUT2D eigenvalue weighted by Crippen LogP contribution is -2.38. The Bertz CT molecular complexity index is 467. The number of halogens is 1. The predicted octanol–water partition coefficient (Wildman–Crippen LogP) is 1.86. The van der Waals surface area contributed by atoms with Crippen molar-refractivity contribution in [3.8, 4) is 0 Å². The van der Waals surface area contributed by atoms with Crippen LogP contribution in [0, 0.1) is 6.92 Å². The summed E-state index contributed by atoms with van der Waals surface area (Å²) in [5.74, 6) is 1.13. The molecule has 0 saturated carbocycles. The van der Waals surface area contributed by atoms with Crippen LogP contribution in [-0.4, -0.2) is 42.1 Å². The molecule has 0 aliphatic carbocycles. The first-order valence-electron chi connectivity index (χ1n) is 5.88. The predicted molar refractivity (Wildman–Crippen MR) is 69.4 cm³/mol. The number of aryl methyl sites for hydroxylation is 1. The van der Waals surface area contributed by atoms with Crippen LogP contribution in [0.5, 0.6) is 0 Å². The lowest BCUT2D eigenvalue weighted by atomic mass is 10.1. The summed E-state index contributed by atoms with van der Waals surface area (Å²) >= 11 is 5.98. The molecule has 1 fully saturated rings. The van der Waals surface area contributed by atoms with Crippen LogP contribution in [0.4, 0.5) is 5.82 Å². The van der Waals surface area contributed by atoms with Gasteiger partial charge in [0.25, 0.3) is 0 Å². The van der Waals surface area contributed by atoms with Crippen molar-refractivity contribution in [2.75, 3.05) is 18.6 Å². The van der Waals surface area contributed by atoms with Gasteiger partial charge in [0.15, 0.2) is 6.29 Å². The third-order valence-corrected chi connectivity index (χ3v) is 3.56. The Kier molecular flexibility index (Phi) is 3.82. The number of aldehydes is 1. The van der Waals surface area contributed by atoms with Crippen molar-refractivity contribution in [3.63, 3.8) is 0 Å². The number of likely N-dealkylation sites (N-methyl/N-ethyl adjacent to an activating group) is 1. The quantitative estimate of drug-likeness (QED) is 0.619. The van der Waals surface area contributed by atoms with Gasteiger partial charge in [-0.3, -0.25) is 4.79 Å². The zero-order valence-corrected chi connectivity index (χ0v) is 11.4. The van der Waals surface area contributed by atoms with Gasteiger partial charge in [-0.25, -0.2) is 9.97 Å². The number of anilines is 1. The fourth-order valence-corrected chi connectivity index (χ4v) is 2.54. The summed E-state index contributed by atoms with van der Waals surface area (Å²) in [6.07, 6.45) is 1.73. The lowest BCUT2D eigenvalue weighted by molar-refractivity contribution is 0.112. The molecule has 2 heterocycles. The molecule has 1 aliphatic rings. The minimum Gasteiger partial charge on any atom is -0.376 e. The highest BCUT2D eigenvalue weighted by molar-refractivity contribution is 6.32. The van der Waals surface area contributed by atoms with Crippen LogP contribution >= 0.6 is 11.6 Å². The molecule has 98 valence electrons. The molecule has 18 heavy (non-hydrogen) atoms. The van der Waals surface area contributed by atoms with Crippen molar-refractivity contribution in [1.82, 2.24) is 9.97 Å². The van der Waals surface area contributed by atoms with E-state index >= 15 is 0 Å². The molecule has 0 radical (unpaired) electrons. The standard InChI is InChI=1S/C12H16ClN3O2/c1-7-10(4-5-18-7)16(3)12-9(6-17)11(13)14-8(2)15-12/h6-7,10H,4-5H2,1-3H3. The first kappa shape index (κ1) is 13.2. The first-order chi connectivity index (χ1) is 8.54. The molecule has 2 atom stereocenters. The number of aromatic nitrogens is 2. The Morgan fingerprint density at radius 1 is 1.50 bits per heavy atom. The smallest absolute Gasteiger partial charge is 0.156 e. The summed E-state index contributed by atoms with van der Waals surface area (Å²) in [6.45, 7) is 4.50. The zero-order chi connectivity index (χ0) is 13.3. The van der Waals surface area contributed by atoms with Gasteiger partial charge in [0, 0.05) is 13.7 Å². The Morgan fingerprint density at radius 2 is 2.22 bits per heavy atom. The van der Waals surface area contributed by atoms with E-state index in [0.717, 1.165) is 13.0 Å². The molecule has 1 aromatic heterocycles. The van der Waals surface area contributed by atoms with E-state index in [-0.39, 0.29) is 17.3 Å². The molecule has 0 amide bonds. The summed E-state index contributed by atoms with van der Waals surface area (Å²) in [4.78, 5) is 21.4. The lowest BCUT2D eigenvalue weighted by Gasteiger charge is -2.28. The van der Waals surface area contributed by atoms with E-state index in [2.05, 4.69) is 9.97 Å². The minimum absolute atomic E-state index is 0.114. The van der Waals surface area contributed by atoms with E-state index in [4.69, 9.17) is 16.3 Å². The number of carbonyl (C=O) groups is 1. The Balaban J connectivity index is 2.40. The normalized spacial score (nSPS) is 23.1. The van der Waals surface area contributed by atoms with E-state index in [1.807, 2.05) is 18.9 Å². The van der Waals surface area contributed by atoms with Crippen molar-refractivity contribution in [1.29, 1.82) is 0 Å². The molecule has 5 nitrogen and oxygen atoms in total. The third kappa shape index (κ3) is 2.33. The van der Waals surface area contributed by atoms with Crippen LogP contribution in [0.15, 0.2) is 0 Å². The van der Waals surface area contributed by atoms with Gasteiger partial charge in [-0.2, -0.15) is 0 Å². The summed E-state index contributed by atoms with van der Waals surface area (Å²) in [5.41, 5.74) is 0.337. The minimum atomic E-state index is 0.114. The van der Waals surface area contributed by atoms with Crippen LogP contribution in [0.1, 0.15) is 29.5 Å². The fourth-order valence-electron chi connectivity index (χ4n) is 2.29. The van der Waals surface area contributed by atoms with Gasteiger partial charge in [0.05, 0.1) is 17.7 Å². The van der Waals surface area contributed by atoms with E-state index in [9.17, 15) is 4.79 Å². The summed E-state index contributed by atoms with van der Waals surface area (Å²) in [5, 5.41) is 0.200.